The van der Waals surface area contributed by atoms with Crippen LogP contribution in [-0.2, 0) is 4.79 Å². The molecule has 0 radical (unpaired) electrons. The fourth-order valence-electron chi connectivity index (χ4n) is 3.98. The molecular weight excluding hydrogens is 328 g/mol. The Kier molecular flexibility index (Phi) is 4.21. The predicted molar refractivity (Wildman–Crippen MR) is 99.2 cm³/mol. The smallest absolute Gasteiger partial charge is 0.322 e. The molecule has 1 heterocycles. The van der Waals surface area contributed by atoms with Crippen LogP contribution in [0, 0.1) is 5.92 Å². The lowest BCUT2D eigenvalue weighted by atomic mass is 9.76. The van der Waals surface area contributed by atoms with Crippen molar-refractivity contribution in [2.45, 2.75) is 18.4 Å². The van der Waals surface area contributed by atoms with Gasteiger partial charge in [0.05, 0.1) is 6.04 Å². The van der Waals surface area contributed by atoms with Crippen LogP contribution in [0.3, 0.4) is 0 Å². The number of benzene rings is 2. The second-order valence-electron chi connectivity index (χ2n) is 6.76. The highest BCUT2D eigenvalue weighted by Crippen LogP contribution is 2.49. The lowest BCUT2D eigenvalue weighted by molar-refractivity contribution is -0.135. The minimum atomic E-state index is -1.05. The standard InChI is InChI=1S/C21H20N2O3/c24-19(25)12-22-21(26)14-9-10-18-17(11-14)15-7-4-8-16(15)20(23-18)13-5-2-1-3-6-13/h1-7,9-11,15-16,20,23H,8,12H2,(H,22,26)(H,24,25). The van der Waals surface area contributed by atoms with E-state index in [9.17, 15) is 9.59 Å². The van der Waals surface area contributed by atoms with Crippen LogP contribution in [0.4, 0.5) is 5.69 Å². The van der Waals surface area contributed by atoms with Gasteiger partial charge in [-0.3, -0.25) is 9.59 Å². The van der Waals surface area contributed by atoms with Gasteiger partial charge in [-0.15, -0.1) is 0 Å². The first kappa shape index (κ1) is 16.4. The Balaban J connectivity index is 1.65. The summed E-state index contributed by atoms with van der Waals surface area (Å²) in [6.07, 6.45) is 5.42. The first-order valence-electron chi connectivity index (χ1n) is 8.75. The summed E-state index contributed by atoms with van der Waals surface area (Å²) in [5.41, 5.74) is 3.88. The van der Waals surface area contributed by atoms with E-state index in [1.807, 2.05) is 18.2 Å². The number of anilines is 1. The summed E-state index contributed by atoms with van der Waals surface area (Å²) < 4.78 is 0. The van der Waals surface area contributed by atoms with Gasteiger partial charge in [0.15, 0.2) is 0 Å². The number of aliphatic carboxylic acids is 1. The van der Waals surface area contributed by atoms with Gasteiger partial charge in [0.2, 0.25) is 0 Å². The molecule has 1 amide bonds. The number of nitrogens with one attached hydrogen (secondary N) is 2. The normalized spacial score (nSPS) is 22.8. The van der Waals surface area contributed by atoms with E-state index in [1.54, 1.807) is 6.07 Å². The zero-order valence-electron chi connectivity index (χ0n) is 14.2. The third-order valence-electron chi connectivity index (χ3n) is 5.18. The molecular formula is C21H20N2O3. The number of allylic oxidation sites excluding steroid dienone is 2. The molecule has 1 aliphatic heterocycles. The Morgan fingerprint density at radius 2 is 1.96 bits per heavy atom. The summed E-state index contributed by atoms with van der Waals surface area (Å²) in [5.74, 6) is -0.757. The average molecular weight is 348 g/mol. The lowest BCUT2D eigenvalue weighted by Crippen LogP contribution is -2.31. The molecule has 5 nitrogen and oxygen atoms in total. The fourth-order valence-corrected chi connectivity index (χ4v) is 3.98. The van der Waals surface area contributed by atoms with E-state index in [1.165, 1.54) is 5.56 Å². The minimum absolute atomic E-state index is 0.232. The quantitative estimate of drug-likeness (QED) is 0.741. The Morgan fingerprint density at radius 3 is 2.73 bits per heavy atom. The molecule has 0 bridgehead atoms. The van der Waals surface area contributed by atoms with Crippen LogP contribution in [-0.4, -0.2) is 23.5 Å². The molecule has 0 fully saturated rings. The molecule has 3 N–H and O–H groups in total. The highest BCUT2D eigenvalue weighted by molar-refractivity contribution is 5.96. The fraction of sp³-hybridized carbons (Fsp3) is 0.238. The molecule has 1 aliphatic carbocycles. The third kappa shape index (κ3) is 2.96. The molecule has 4 rings (SSSR count). The van der Waals surface area contributed by atoms with Crippen molar-refractivity contribution >= 4 is 17.6 Å². The van der Waals surface area contributed by atoms with E-state index < -0.39 is 5.97 Å². The molecule has 5 heteroatoms. The van der Waals surface area contributed by atoms with Crippen LogP contribution < -0.4 is 10.6 Å². The SMILES string of the molecule is O=C(O)CNC(=O)c1ccc2c(c1)C1C=CCC1C(c1ccccc1)N2. The molecule has 0 saturated carbocycles. The van der Waals surface area contributed by atoms with E-state index in [-0.39, 0.29) is 24.4 Å². The van der Waals surface area contributed by atoms with E-state index in [2.05, 4.69) is 47.1 Å². The van der Waals surface area contributed by atoms with E-state index >= 15 is 0 Å². The maximum atomic E-state index is 12.2. The summed E-state index contributed by atoms with van der Waals surface area (Å²) in [4.78, 5) is 22.9. The van der Waals surface area contributed by atoms with E-state index in [0.29, 0.717) is 11.5 Å². The van der Waals surface area contributed by atoms with Crippen LogP contribution in [0.1, 0.15) is 39.9 Å². The first-order chi connectivity index (χ1) is 12.6. The van der Waals surface area contributed by atoms with Gasteiger partial charge in [0, 0.05) is 17.2 Å². The van der Waals surface area contributed by atoms with Gasteiger partial charge < -0.3 is 15.7 Å². The number of carboxylic acid groups (broad SMARTS) is 1. The lowest BCUT2D eigenvalue weighted by Gasteiger charge is -2.37. The molecule has 26 heavy (non-hydrogen) atoms. The summed E-state index contributed by atoms with van der Waals surface area (Å²) in [5, 5.41) is 14.8. The largest absolute Gasteiger partial charge is 0.480 e. The van der Waals surface area contributed by atoms with Gasteiger partial charge in [0.1, 0.15) is 6.54 Å². The molecule has 132 valence electrons. The van der Waals surface area contributed by atoms with E-state index in [0.717, 1.165) is 17.7 Å². The second-order valence-corrected chi connectivity index (χ2v) is 6.76. The maximum Gasteiger partial charge on any atom is 0.322 e. The van der Waals surface area contributed by atoms with Crippen LogP contribution in [0.5, 0.6) is 0 Å². The molecule has 0 spiro atoms. The number of hydrogen-bond donors (Lipinski definition) is 3. The molecule has 2 aliphatic rings. The summed E-state index contributed by atoms with van der Waals surface area (Å²) in [6, 6.07) is 16.2. The zero-order chi connectivity index (χ0) is 18.1. The first-order valence-corrected chi connectivity index (χ1v) is 8.75. The van der Waals surface area contributed by atoms with Crippen molar-refractivity contribution in [3.8, 4) is 0 Å². The van der Waals surface area contributed by atoms with Crippen LogP contribution >= 0.6 is 0 Å². The van der Waals surface area contributed by atoms with Crippen molar-refractivity contribution in [1.29, 1.82) is 0 Å². The summed E-state index contributed by atoms with van der Waals surface area (Å²) >= 11 is 0. The number of hydrogen-bond acceptors (Lipinski definition) is 3. The number of carbonyl (C=O) groups is 2. The molecule has 3 atom stereocenters. The van der Waals surface area contributed by atoms with Gasteiger partial charge in [-0.2, -0.15) is 0 Å². The average Bonchev–Trinajstić information content (AvgIpc) is 3.16. The molecule has 2 aromatic rings. The van der Waals surface area contributed by atoms with Gasteiger partial charge in [-0.25, -0.2) is 0 Å². The predicted octanol–water partition coefficient (Wildman–Crippen LogP) is 3.33. The highest BCUT2D eigenvalue weighted by Gasteiger charge is 2.38. The molecule has 2 aromatic carbocycles. The Bertz CT molecular complexity index is 876. The van der Waals surface area contributed by atoms with Gasteiger partial charge in [-0.05, 0) is 41.7 Å². The van der Waals surface area contributed by atoms with Crippen molar-refractivity contribution in [2.75, 3.05) is 11.9 Å². The van der Waals surface area contributed by atoms with Gasteiger partial charge in [0.25, 0.3) is 5.91 Å². The Hall–Kier alpha value is -3.08. The van der Waals surface area contributed by atoms with Gasteiger partial charge >= 0.3 is 5.97 Å². The monoisotopic (exact) mass is 348 g/mol. The van der Waals surface area contributed by atoms with Crippen LogP contribution in [0.25, 0.3) is 0 Å². The molecule has 0 aromatic heterocycles. The number of carboxylic acids is 1. The van der Waals surface area contributed by atoms with E-state index in [4.69, 9.17) is 5.11 Å². The zero-order valence-corrected chi connectivity index (χ0v) is 14.2. The van der Waals surface area contributed by atoms with Crippen molar-refractivity contribution in [3.05, 3.63) is 77.4 Å². The highest BCUT2D eigenvalue weighted by atomic mass is 16.4. The maximum absolute atomic E-state index is 12.2. The number of fused-ring (bicyclic) bond motifs is 3. The minimum Gasteiger partial charge on any atom is -0.480 e. The number of rotatable bonds is 4. The van der Waals surface area contributed by atoms with Crippen molar-refractivity contribution in [3.63, 3.8) is 0 Å². The second kappa shape index (κ2) is 6.67. The summed E-state index contributed by atoms with van der Waals surface area (Å²) in [7, 11) is 0. The molecule has 0 saturated heterocycles. The molecule has 3 unspecified atom stereocenters. The Morgan fingerprint density at radius 1 is 1.15 bits per heavy atom. The number of carbonyl (C=O) groups excluding carboxylic acids is 1. The van der Waals surface area contributed by atoms with Crippen LogP contribution in [0.2, 0.25) is 0 Å². The topological polar surface area (TPSA) is 78.4 Å². The summed E-state index contributed by atoms with van der Waals surface area (Å²) in [6.45, 7) is -0.379. The third-order valence-corrected chi connectivity index (χ3v) is 5.18. The van der Waals surface area contributed by atoms with Crippen LogP contribution in [0.15, 0.2) is 60.7 Å². The number of amides is 1. The van der Waals surface area contributed by atoms with Crippen molar-refractivity contribution in [2.24, 2.45) is 5.92 Å². The Labute approximate surface area is 151 Å². The van der Waals surface area contributed by atoms with Gasteiger partial charge in [-0.1, -0.05) is 42.5 Å². The van der Waals surface area contributed by atoms with Crippen molar-refractivity contribution in [1.82, 2.24) is 5.32 Å². The van der Waals surface area contributed by atoms with Crippen molar-refractivity contribution < 1.29 is 14.7 Å².